The van der Waals surface area contributed by atoms with Gasteiger partial charge in [0.2, 0.25) is 11.8 Å². The number of methoxy groups -OCH3 is 1. The van der Waals surface area contributed by atoms with Crippen LogP contribution in [0.25, 0.3) is 0 Å². The van der Waals surface area contributed by atoms with E-state index in [2.05, 4.69) is 10.6 Å². The van der Waals surface area contributed by atoms with E-state index in [0.717, 1.165) is 5.56 Å². The number of carbonyl (C=O) groups excluding carboxylic acids is 4. The minimum absolute atomic E-state index is 0.0142. The number of hydrogen-bond donors (Lipinski definition) is 4. The summed E-state index contributed by atoms with van der Waals surface area (Å²) in [7, 11) is 1.52. The Morgan fingerprint density at radius 2 is 1.66 bits per heavy atom. The molecular formula is C24H35F3N4O7. The van der Waals surface area contributed by atoms with Crippen LogP contribution in [0.5, 0.6) is 0 Å². The number of nitrogens with two attached hydrogens (primary N) is 1. The highest BCUT2D eigenvalue weighted by Gasteiger charge is 2.38. The van der Waals surface area contributed by atoms with E-state index in [0.29, 0.717) is 13.2 Å². The van der Waals surface area contributed by atoms with Crippen molar-refractivity contribution in [1.82, 2.24) is 16.0 Å². The smallest absolute Gasteiger partial charge is 0.461 e. The third-order valence-electron chi connectivity index (χ3n) is 5.05. The Balaban J connectivity index is 2.57. The predicted molar refractivity (Wildman–Crippen MR) is 129 cm³/mol. The van der Waals surface area contributed by atoms with Crippen molar-refractivity contribution in [3.8, 4) is 0 Å². The van der Waals surface area contributed by atoms with Crippen molar-refractivity contribution < 1.29 is 46.6 Å². The van der Waals surface area contributed by atoms with E-state index in [1.54, 1.807) is 29.6 Å². The van der Waals surface area contributed by atoms with Gasteiger partial charge in [-0.05, 0) is 24.8 Å². The largest absolute Gasteiger partial charge is 0.471 e. The maximum Gasteiger partial charge on any atom is 0.471 e. The molecule has 0 radical (unpaired) electrons. The Bertz CT molecular complexity index is 872. The molecule has 0 fully saturated rings. The van der Waals surface area contributed by atoms with Crippen LogP contribution < -0.4 is 21.7 Å². The van der Waals surface area contributed by atoms with Crippen LogP contribution in [-0.4, -0.2) is 82.0 Å². The van der Waals surface area contributed by atoms with Crippen LogP contribution in [-0.2, 0) is 40.0 Å². The molecule has 0 heterocycles. The molecule has 2 unspecified atom stereocenters. The van der Waals surface area contributed by atoms with Crippen molar-refractivity contribution in [3.63, 3.8) is 0 Å². The zero-order chi connectivity index (χ0) is 28.4. The first-order valence-electron chi connectivity index (χ1n) is 12.0. The average Bonchev–Trinajstić information content (AvgIpc) is 2.88. The Kier molecular flexibility index (Phi) is 15.6. The van der Waals surface area contributed by atoms with Crippen molar-refractivity contribution in [2.75, 3.05) is 40.0 Å². The highest BCUT2D eigenvalue weighted by Crippen LogP contribution is 2.14. The SMILES string of the molecule is COCCOCCNC(=O)C(CC(=O)OCc1ccccc1)NC(=O)C(N)CCCCNC(=O)C(F)(F)F. The van der Waals surface area contributed by atoms with Gasteiger partial charge < -0.3 is 35.9 Å². The van der Waals surface area contributed by atoms with E-state index >= 15 is 0 Å². The fourth-order valence-corrected chi connectivity index (χ4v) is 2.99. The van der Waals surface area contributed by atoms with Gasteiger partial charge in [-0.1, -0.05) is 30.3 Å². The number of carbonyl (C=O) groups is 4. The maximum absolute atomic E-state index is 12.7. The lowest BCUT2D eigenvalue weighted by Gasteiger charge is -2.20. The average molecular weight is 549 g/mol. The number of rotatable bonds is 18. The quantitative estimate of drug-likeness (QED) is 0.153. The minimum Gasteiger partial charge on any atom is -0.461 e. The molecule has 0 saturated heterocycles. The van der Waals surface area contributed by atoms with Crippen LogP contribution in [0.1, 0.15) is 31.2 Å². The van der Waals surface area contributed by atoms with Gasteiger partial charge in [0.05, 0.1) is 32.3 Å². The second-order valence-electron chi connectivity index (χ2n) is 8.16. The molecule has 38 heavy (non-hydrogen) atoms. The molecule has 0 aliphatic heterocycles. The molecule has 1 aromatic rings. The molecule has 0 spiro atoms. The molecule has 1 rings (SSSR count). The predicted octanol–water partition coefficient (Wildman–Crippen LogP) is 0.560. The van der Waals surface area contributed by atoms with Gasteiger partial charge in [0, 0.05) is 20.2 Å². The highest BCUT2D eigenvalue weighted by atomic mass is 19.4. The Hall–Kier alpha value is -3.23. The Morgan fingerprint density at radius 1 is 0.947 bits per heavy atom. The molecule has 3 amide bonds. The summed E-state index contributed by atoms with van der Waals surface area (Å²) < 4.78 is 51.9. The summed E-state index contributed by atoms with van der Waals surface area (Å²) in [4.78, 5) is 48.4. The van der Waals surface area contributed by atoms with E-state index in [1.165, 1.54) is 7.11 Å². The topological polar surface area (TPSA) is 158 Å². The van der Waals surface area contributed by atoms with Gasteiger partial charge in [-0.15, -0.1) is 0 Å². The zero-order valence-electron chi connectivity index (χ0n) is 21.2. The fraction of sp³-hybridized carbons (Fsp3) is 0.583. The molecule has 0 aromatic heterocycles. The number of unbranched alkanes of at least 4 members (excludes halogenated alkanes) is 1. The van der Waals surface area contributed by atoms with Crippen LogP contribution >= 0.6 is 0 Å². The van der Waals surface area contributed by atoms with Gasteiger partial charge >= 0.3 is 18.1 Å². The lowest BCUT2D eigenvalue weighted by Crippen LogP contribution is -2.52. The minimum atomic E-state index is -4.97. The van der Waals surface area contributed by atoms with E-state index in [4.69, 9.17) is 19.9 Å². The van der Waals surface area contributed by atoms with Crippen LogP contribution in [0, 0.1) is 0 Å². The number of esters is 1. The van der Waals surface area contributed by atoms with Gasteiger partial charge in [-0.2, -0.15) is 13.2 Å². The van der Waals surface area contributed by atoms with Crippen molar-refractivity contribution in [3.05, 3.63) is 35.9 Å². The summed E-state index contributed by atoms with van der Waals surface area (Å²) in [5, 5.41) is 6.72. The first-order chi connectivity index (χ1) is 18.0. The molecule has 0 saturated carbocycles. The second-order valence-corrected chi connectivity index (χ2v) is 8.16. The van der Waals surface area contributed by atoms with Gasteiger partial charge in [0.15, 0.2) is 0 Å². The third kappa shape index (κ3) is 14.5. The number of hydrogen-bond acceptors (Lipinski definition) is 8. The van der Waals surface area contributed by atoms with Crippen molar-refractivity contribution in [2.24, 2.45) is 5.73 Å². The molecule has 5 N–H and O–H groups in total. The van der Waals surface area contributed by atoms with Gasteiger partial charge in [0.25, 0.3) is 0 Å². The lowest BCUT2D eigenvalue weighted by atomic mass is 10.1. The summed E-state index contributed by atoms with van der Waals surface area (Å²) in [5.74, 6) is -4.14. The molecule has 11 nitrogen and oxygen atoms in total. The van der Waals surface area contributed by atoms with Crippen LogP contribution in [0.3, 0.4) is 0 Å². The first-order valence-corrected chi connectivity index (χ1v) is 12.0. The standard InChI is InChI=1S/C24H35F3N4O7/c1-36-13-14-37-12-11-29-22(34)19(15-20(32)38-16-17-7-3-2-4-8-17)31-21(33)18(28)9-5-6-10-30-23(35)24(25,26)27/h2-4,7-8,18-19H,5-6,9-16,28H2,1H3,(H,29,34)(H,30,35)(H,31,33). The van der Waals surface area contributed by atoms with E-state index in [1.807, 2.05) is 6.07 Å². The van der Waals surface area contributed by atoms with Gasteiger partial charge in [0.1, 0.15) is 12.6 Å². The number of ether oxygens (including phenoxy) is 3. The molecule has 0 bridgehead atoms. The summed E-state index contributed by atoms with van der Waals surface area (Å²) in [5.41, 5.74) is 6.59. The Labute approximate surface area is 218 Å². The van der Waals surface area contributed by atoms with Crippen molar-refractivity contribution in [1.29, 1.82) is 0 Å². The second kappa shape index (κ2) is 18.1. The molecule has 14 heteroatoms. The lowest BCUT2D eigenvalue weighted by molar-refractivity contribution is -0.173. The summed E-state index contributed by atoms with van der Waals surface area (Å²) in [6.45, 7) is 0.749. The summed E-state index contributed by atoms with van der Waals surface area (Å²) in [6.07, 6.45) is -4.95. The number of halogens is 3. The molecular weight excluding hydrogens is 513 g/mol. The molecule has 214 valence electrons. The normalized spacial score (nSPS) is 12.8. The van der Waals surface area contributed by atoms with Crippen molar-refractivity contribution >= 4 is 23.7 Å². The van der Waals surface area contributed by atoms with Gasteiger partial charge in [-0.25, -0.2) is 0 Å². The highest BCUT2D eigenvalue weighted by molar-refractivity contribution is 5.92. The van der Waals surface area contributed by atoms with Crippen LogP contribution in [0.2, 0.25) is 0 Å². The Morgan fingerprint density at radius 3 is 2.32 bits per heavy atom. The van der Waals surface area contributed by atoms with Gasteiger partial charge in [-0.3, -0.25) is 19.2 Å². The van der Waals surface area contributed by atoms with E-state index < -0.39 is 48.4 Å². The number of benzene rings is 1. The molecule has 0 aliphatic rings. The zero-order valence-corrected chi connectivity index (χ0v) is 21.2. The summed E-state index contributed by atoms with van der Waals surface area (Å²) in [6, 6.07) is 6.51. The first kappa shape index (κ1) is 32.8. The van der Waals surface area contributed by atoms with Crippen LogP contribution in [0.15, 0.2) is 30.3 Å². The number of alkyl halides is 3. The molecule has 1 aromatic carbocycles. The monoisotopic (exact) mass is 548 g/mol. The maximum atomic E-state index is 12.7. The fourth-order valence-electron chi connectivity index (χ4n) is 2.99. The molecule has 0 aliphatic carbocycles. The molecule has 2 atom stereocenters. The summed E-state index contributed by atoms with van der Waals surface area (Å²) >= 11 is 0. The third-order valence-corrected chi connectivity index (χ3v) is 5.05. The number of amides is 3. The number of nitrogens with one attached hydrogen (secondary N) is 3. The van der Waals surface area contributed by atoms with Crippen LogP contribution in [0.4, 0.5) is 13.2 Å². The van der Waals surface area contributed by atoms with E-state index in [-0.39, 0.29) is 45.6 Å². The van der Waals surface area contributed by atoms with E-state index in [9.17, 15) is 32.3 Å². The van der Waals surface area contributed by atoms with Crippen molar-refractivity contribution in [2.45, 2.75) is 50.6 Å².